The van der Waals surface area contributed by atoms with Crippen LogP contribution in [0.3, 0.4) is 0 Å². The smallest absolute Gasteiger partial charge is 0.346 e. The van der Waals surface area contributed by atoms with Crippen LogP contribution < -0.4 is 14.2 Å². The Hall–Kier alpha value is -2.63. The highest BCUT2D eigenvalue weighted by molar-refractivity contribution is 5.91. The molecular weight excluding hydrogens is 366 g/mol. The third kappa shape index (κ3) is 5.00. The molecule has 0 aromatic heterocycles. The predicted molar refractivity (Wildman–Crippen MR) is 101 cm³/mol. The summed E-state index contributed by atoms with van der Waals surface area (Å²) in [4.78, 5) is 12.2. The first-order valence-electron chi connectivity index (χ1n) is 9.64. The van der Waals surface area contributed by atoms with Crippen molar-refractivity contribution in [1.82, 2.24) is 0 Å². The lowest BCUT2D eigenvalue weighted by atomic mass is 9.90. The Morgan fingerprint density at radius 1 is 0.929 bits per heavy atom. The molecule has 0 radical (unpaired) electrons. The molecule has 0 N–H and O–H groups in total. The fraction of sp³-hybridized carbons (Fsp3) is 0.409. The summed E-state index contributed by atoms with van der Waals surface area (Å²) in [6.45, 7) is 2.52. The summed E-state index contributed by atoms with van der Waals surface area (Å²) in [5, 5.41) is 0. The molecule has 2 aromatic carbocycles. The molecule has 0 aliphatic heterocycles. The molecule has 28 heavy (non-hydrogen) atoms. The summed E-state index contributed by atoms with van der Waals surface area (Å²) in [5.41, 5.74) is -0.487. The second kappa shape index (κ2) is 9.53. The van der Waals surface area contributed by atoms with E-state index in [1.165, 1.54) is 38.2 Å². The van der Waals surface area contributed by atoms with E-state index in [4.69, 9.17) is 14.2 Å². The molecule has 0 amide bonds. The molecule has 1 saturated carbocycles. The lowest BCUT2D eigenvalue weighted by molar-refractivity contribution is 0.0728. The molecule has 0 unspecified atom stereocenters. The van der Waals surface area contributed by atoms with Crippen LogP contribution in [0, 0.1) is 17.6 Å². The molecule has 150 valence electrons. The van der Waals surface area contributed by atoms with Crippen molar-refractivity contribution in [2.45, 2.75) is 39.0 Å². The largest absolute Gasteiger partial charge is 0.493 e. The van der Waals surface area contributed by atoms with Gasteiger partial charge in [0.25, 0.3) is 0 Å². The number of benzene rings is 2. The highest BCUT2D eigenvalue weighted by Crippen LogP contribution is 2.26. The highest BCUT2D eigenvalue weighted by atomic mass is 19.2. The highest BCUT2D eigenvalue weighted by Gasteiger charge is 2.21. The van der Waals surface area contributed by atoms with Crippen molar-refractivity contribution in [2.24, 2.45) is 5.92 Å². The van der Waals surface area contributed by atoms with Crippen molar-refractivity contribution in [1.29, 1.82) is 0 Å². The molecule has 1 fully saturated rings. The number of carbonyl (C=O) groups is 1. The topological polar surface area (TPSA) is 44.8 Å². The van der Waals surface area contributed by atoms with Gasteiger partial charge in [0.2, 0.25) is 5.82 Å². The third-order valence-electron chi connectivity index (χ3n) is 4.81. The fourth-order valence-electron chi connectivity index (χ4n) is 3.29. The molecule has 6 heteroatoms. The van der Waals surface area contributed by atoms with Crippen molar-refractivity contribution in [3.8, 4) is 17.2 Å². The van der Waals surface area contributed by atoms with E-state index < -0.39 is 23.2 Å². The van der Waals surface area contributed by atoms with Gasteiger partial charge in [-0.05, 0) is 62.1 Å². The molecule has 0 heterocycles. The third-order valence-corrected chi connectivity index (χ3v) is 4.81. The number of hydrogen-bond acceptors (Lipinski definition) is 4. The Morgan fingerprint density at radius 3 is 2.29 bits per heavy atom. The fourth-order valence-corrected chi connectivity index (χ4v) is 3.29. The first-order chi connectivity index (χ1) is 13.6. The Balaban J connectivity index is 1.59. The monoisotopic (exact) mass is 390 g/mol. The van der Waals surface area contributed by atoms with Gasteiger partial charge in [0, 0.05) is 0 Å². The van der Waals surface area contributed by atoms with E-state index in [2.05, 4.69) is 0 Å². The van der Waals surface area contributed by atoms with Crippen LogP contribution in [0.2, 0.25) is 0 Å². The van der Waals surface area contributed by atoms with Crippen LogP contribution in [0.5, 0.6) is 17.2 Å². The van der Waals surface area contributed by atoms with Crippen LogP contribution in [-0.2, 0) is 0 Å². The second-order valence-electron chi connectivity index (χ2n) is 6.85. The van der Waals surface area contributed by atoms with E-state index in [1.54, 1.807) is 31.2 Å². The van der Waals surface area contributed by atoms with E-state index in [0.29, 0.717) is 18.3 Å². The molecule has 0 spiro atoms. The summed E-state index contributed by atoms with van der Waals surface area (Å²) < 4.78 is 43.9. The Labute approximate surface area is 163 Å². The van der Waals surface area contributed by atoms with Crippen molar-refractivity contribution in [3.63, 3.8) is 0 Å². The van der Waals surface area contributed by atoms with Crippen LogP contribution >= 0.6 is 0 Å². The zero-order chi connectivity index (χ0) is 19.9. The number of carbonyl (C=O) groups excluding carboxylic acids is 1. The van der Waals surface area contributed by atoms with Gasteiger partial charge in [-0.3, -0.25) is 0 Å². The molecule has 1 aliphatic carbocycles. The van der Waals surface area contributed by atoms with Crippen molar-refractivity contribution in [3.05, 3.63) is 53.6 Å². The van der Waals surface area contributed by atoms with Gasteiger partial charge in [-0.25, -0.2) is 9.18 Å². The first-order valence-corrected chi connectivity index (χ1v) is 9.64. The van der Waals surface area contributed by atoms with E-state index in [-0.39, 0.29) is 18.1 Å². The quantitative estimate of drug-likeness (QED) is 0.460. The minimum absolute atomic E-state index is 0.190. The van der Waals surface area contributed by atoms with Crippen LogP contribution in [0.4, 0.5) is 8.78 Å². The van der Waals surface area contributed by atoms with E-state index in [0.717, 1.165) is 6.07 Å². The van der Waals surface area contributed by atoms with Gasteiger partial charge >= 0.3 is 5.97 Å². The van der Waals surface area contributed by atoms with Crippen molar-refractivity contribution < 1.29 is 27.8 Å². The summed E-state index contributed by atoms with van der Waals surface area (Å²) in [7, 11) is 0. The Bertz CT molecular complexity index is 799. The van der Waals surface area contributed by atoms with Crippen LogP contribution in [0.25, 0.3) is 0 Å². The van der Waals surface area contributed by atoms with Crippen molar-refractivity contribution >= 4 is 5.97 Å². The predicted octanol–water partition coefficient (Wildman–Crippen LogP) is 5.54. The van der Waals surface area contributed by atoms with Gasteiger partial charge in [-0.1, -0.05) is 19.3 Å². The molecule has 0 bridgehead atoms. The molecule has 2 aromatic rings. The minimum atomic E-state index is -1.29. The summed E-state index contributed by atoms with van der Waals surface area (Å²) in [6.07, 6.45) is 6.20. The van der Waals surface area contributed by atoms with Crippen LogP contribution in [0.1, 0.15) is 49.4 Å². The first kappa shape index (κ1) is 20.1. The van der Waals surface area contributed by atoms with Gasteiger partial charge in [0.15, 0.2) is 11.6 Å². The van der Waals surface area contributed by atoms with E-state index in [1.807, 2.05) is 0 Å². The van der Waals surface area contributed by atoms with E-state index in [9.17, 15) is 13.6 Å². The molecule has 1 aliphatic rings. The van der Waals surface area contributed by atoms with E-state index >= 15 is 0 Å². The summed E-state index contributed by atoms with van der Waals surface area (Å²) in [6, 6.07) is 8.88. The zero-order valence-electron chi connectivity index (χ0n) is 15.9. The molecule has 3 rings (SSSR count). The maximum atomic E-state index is 14.1. The van der Waals surface area contributed by atoms with Crippen LogP contribution in [0.15, 0.2) is 36.4 Å². The number of hydrogen-bond donors (Lipinski definition) is 0. The number of rotatable bonds is 7. The average molecular weight is 390 g/mol. The van der Waals surface area contributed by atoms with Crippen LogP contribution in [-0.4, -0.2) is 19.2 Å². The number of ether oxygens (including phenoxy) is 3. The standard InChI is InChI=1S/C22H24F2O4/c1-2-26-19-13-12-18(20(23)21(19)24)22(25)28-17-10-8-16(9-11-17)27-14-15-6-4-3-5-7-15/h8-13,15H,2-7,14H2,1H3. The maximum absolute atomic E-state index is 14.1. The molecule has 4 nitrogen and oxygen atoms in total. The summed E-state index contributed by atoms with van der Waals surface area (Å²) >= 11 is 0. The SMILES string of the molecule is CCOc1ccc(C(=O)Oc2ccc(OCC3CCCCC3)cc2)c(F)c1F. The lowest BCUT2D eigenvalue weighted by Gasteiger charge is -2.21. The number of halogens is 2. The average Bonchev–Trinajstić information content (AvgIpc) is 2.72. The lowest BCUT2D eigenvalue weighted by Crippen LogP contribution is -2.15. The molecule has 0 saturated heterocycles. The van der Waals surface area contributed by atoms with Gasteiger partial charge in [0.1, 0.15) is 11.5 Å². The summed E-state index contributed by atoms with van der Waals surface area (Å²) in [5.74, 6) is -2.21. The molecular formula is C22H24F2O4. The van der Waals surface area contributed by atoms with Crippen molar-refractivity contribution in [2.75, 3.05) is 13.2 Å². The second-order valence-corrected chi connectivity index (χ2v) is 6.85. The Morgan fingerprint density at radius 2 is 1.61 bits per heavy atom. The number of esters is 1. The Kier molecular flexibility index (Phi) is 6.85. The maximum Gasteiger partial charge on any atom is 0.346 e. The minimum Gasteiger partial charge on any atom is -0.493 e. The van der Waals surface area contributed by atoms with Gasteiger partial charge < -0.3 is 14.2 Å². The van der Waals surface area contributed by atoms with Gasteiger partial charge in [-0.15, -0.1) is 0 Å². The van der Waals surface area contributed by atoms with Gasteiger partial charge in [0.05, 0.1) is 18.8 Å². The normalized spacial score (nSPS) is 14.5. The molecule has 0 atom stereocenters. The van der Waals surface area contributed by atoms with Gasteiger partial charge in [-0.2, -0.15) is 4.39 Å². The zero-order valence-corrected chi connectivity index (χ0v) is 15.9.